The summed E-state index contributed by atoms with van der Waals surface area (Å²) >= 11 is 0. The van der Waals surface area contributed by atoms with Crippen LogP contribution in [0, 0.1) is 0 Å². The standard InChI is InChI=1S/C19H23N3O5/c1-5-7-21-19(24)14-9-12(6-8-20-14)18(23)22-13-10-15(25-2)17(27-4)16(11-13)26-3/h6,8-11H,5,7H2,1-4H3,(H,21,24)(H,22,23). The number of methoxy groups -OCH3 is 3. The van der Waals surface area contributed by atoms with Crippen LogP contribution in [0.5, 0.6) is 17.2 Å². The Hall–Kier alpha value is -3.29. The van der Waals surface area contributed by atoms with Gasteiger partial charge in [0, 0.05) is 36.1 Å². The first kappa shape index (κ1) is 20.0. The number of benzene rings is 1. The maximum absolute atomic E-state index is 12.6. The quantitative estimate of drug-likeness (QED) is 0.738. The number of hydrogen-bond donors (Lipinski definition) is 2. The minimum absolute atomic E-state index is 0.181. The third-order valence-electron chi connectivity index (χ3n) is 3.71. The van der Waals surface area contributed by atoms with Gasteiger partial charge in [-0.1, -0.05) is 6.92 Å². The fraction of sp³-hybridized carbons (Fsp3) is 0.316. The van der Waals surface area contributed by atoms with E-state index in [4.69, 9.17) is 14.2 Å². The molecule has 0 aliphatic heterocycles. The molecule has 0 aliphatic rings. The van der Waals surface area contributed by atoms with Crippen molar-refractivity contribution in [1.82, 2.24) is 10.3 Å². The van der Waals surface area contributed by atoms with E-state index in [2.05, 4.69) is 15.6 Å². The molecule has 8 heteroatoms. The Morgan fingerprint density at radius 3 is 2.22 bits per heavy atom. The molecule has 2 N–H and O–H groups in total. The molecule has 2 amide bonds. The molecule has 2 rings (SSSR count). The van der Waals surface area contributed by atoms with E-state index in [-0.39, 0.29) is 11.6 Å². The summed E-state index contributed by atoms with van der Waals surface area (Å²) in [7, 11) is 4.49. The normalized spacial score (nSPS) is 10.1. The number of rotatable bonds is 8. The second-order valence-electron chi connectivity index (χ2n) is 5.55. The molecule has 0 saturated heterocycles. The molecule has 1 heterocycles. The van der Waals surface area contributed by atoms with Crippen molar-refractivity contribution in [2.45, 2.75) is 13.3 Å². The summed E-state index contributed by atoms with van der Waals surface area (Å²) in [5.74, 6) is 0.551. The van der Waals surface area contributed by atoms with Crippen LogP contribution in [0.15, 0.2) is 30.5 Å². The van der Waals surface area contributed by atoms with Gasteiger partial charge >= 0.3 is 0 Å². The van der Waals surface area contributed by atoms with Crippen molar-refractivity contribution in [3.63, 3.8) is 0 Å². The fourth-order valence-corrected chi connectivity index (χ4v) is 2.38. The number of carbonyl (C=O) groups excluding carboxylic acids is 2. The van der Waals surface area contributed by atoms with E-state index in [0.717, 1.165) is 6.42 Å². The smallest absolute Gasteiger partial charge is 0.269 e. The summed E-state index contributed by atoms with van der Waals surface area (Å²) in [6.07, 6.45) is 2.23. The van der Waals surface area contributed by atoms with E-state index in [0.29, 0.717) is 35.0 Å². The van der Waals surface area contributed by atoms with Crippen molar-refractivity contribution in [3.8, 4) is 17.2 Å². The highest BCUT2D eigenvalue weighted by atomic mass is 16.5. The van der Waals surface area contributed by atoms with Crippen LogP contribution in [0.2, 0.25) is 0 Å². The Balaban J connectivity index is 2.23. The molecule has 0 radical (unpaired) electrons. The molecule has 1 aromatic carbocycles. The predicted molar refractivity (Wildman–Crippen MR) is 101 cm³/mol. The molecular weight excluding hydrogens is 350 g/mol. The van der Waals surface area contributed by atoms with Gasteiger partial charge in [0.05, 0.1) is 21.3 Å². The molecule has 0 fully saturated rings. The molecule has 27 heavy (non-hydrogen) atoms. The summed E-state index contributed by atoms with van der Waals surface area (Å²) in [5, 5.41) is 5.48. The van der Waals surface area contributed by atoms with Gasteiger partial charge in [0.2, 0.25) is 5.75 Å². The van der Waals surface area contributed by atoms with Crippen molar-refractivity contribution >= 4 is 17.5 Å². The predicted octanol–water partition coefficient (Wildman–Crippen LogP) is 2.50. The zero-order valence-electron chi connectivity index (χ0n) is 15.8. The van der Waals surface area contributed by atoms with Gasteiger partial charge in [-0.3, -0.25) is 14.6 Å². The number of aromatic nitrogens is 1. The average molecular weight is 373 g/mol. The third-order valence-corrected chi connectivity index (χ3v) is 3.71. The number of ether oxygens (including phenoxy) is 3. The van der Waals surface area contributed by atoms with Crippen molar-refractivity contribution in [1.29, 1.82) is 0 Å². The Morgan fingerprint density at radius 1 is 1.00 bits per heavy atom. The topological polar surface area (TPSA) is 98.8 Å². The van der Waals surface area contributed by atoms with Gasteiger partial charge in [-0.05, 0) is 18.6 Å². The molecule has 1 aromatic heterocycles. The monoisotopic (exact) mass is 373 g/mol. The van der Waals surface area contributed by atoms with Gasteiger partial charge in [0.15, 0.2) is 11.5 Å². The van der Waals surface area contributed by atoms with Gasteiger partial charge in [-0.15, -0.1) is 0 Å². The Morgan fingerprint density at radius 2 is 1.67 bits per heavy atom. The highest BCUT2D eigenvalue weighted by molar-refractivity contribution is 6.06. The van der Waals surface area contributed by atoms with Crippen LogP contribution < -0.4 is 24.8 Å². The largest absolute Gasteiger partial charge is 0.493 e. The maximum Gasteiger partial charge on any atom is 0.269 e. The second kappa shape index (κ2) is 9.42. The van der Waals surface area contributed by atoms with Crippen LogP contribution in [-0.4, -0.2) is 44.7 Å². The average Bonchev–Trinajstić information content (AvgIpc) is 2.71. The number of amides is 2. The lowest BCUT2D eigenvalue weighted by Crippen LogP contribution is -2.25. The number of carbonyl (C=O) groups is 2. The Labute approximate surface area is 157 Å². The third kappa shape index (κ3) is 4.87. The fourth-order valence-electron chi connectivity index (χ4n) is 2.38. The molecule has 0 atom stereocenters. The Bertz CT molecular complexity index is 798. The maximum atomic E-state index is 12.6. The molecule has 0 bridgehead atoms. The Kier molecular flexibility index (Phi) is 6.99. The van der Waals surface area contributed by atoms with Crippen molar-refractivity contribution in [2.24, 2.45) is 0 Å². The van der Waals surface area contributed by atoms with Crippen LogP contribution in [0.1, 0.15) is 34.2 Å². The SMILES string of the molecule is CCCNC(=O)c1cc(C(=O)Nc2cc(OC)c(OC)c(OC)c2)ccn1. The molecule has 0 saturated carbocycles. The van der Waals surface area contributed by atoms with Gasteiger partial charge in [-0.25, -0.2) is 0 Å². The van der Waals surface area contributed by atoms with Gasteiger partial charge in [0.25, 0.3) is 11.8 Å². The zero-order chi connectivity index (χ0) is 19.8. The van der Waals surface area contributed by atoms with E-state index < -0.39 is 5.91 Å². The van der Waals surface area contributed by atoms with Gasteiger partial charge in [0.1, 0.15) is 5.69 Å². The number of anilines is 1. The number of nitrogens with zero attached hydrogens (tertiary/aromatic N) is 1. The van der Waals surface area contributed by atoms with Gasteiger partial charge < -0.3 is 24.8 Å². The molecule has 8 nitrogen and oxygen atoms in total. The zero-order valence-corrected chi connectivity index (χ0v) is 15.8. The van der Waals surface area contributed by atoms with E-state index in [1.807, 2.05) is 6.92 Å². The molecular formula is C19H23N3O5. The number of hydrogen-bond acceptors (Lipinski definition) is 6. The highest BCUT2D eigenvalue weighted by Gasteiger charge is 2.16. The van der Waals surface area contributed by atoms with E-state index in [1.54, 1.807) is 12.1 Å². The summed E-state index contributed by atoms with van der Waals surface area (Å²) in [4.78, 5) is 28.6. The molecule has 2 aromatic rings. The minimum Gasteiger partial charge on any atom is -0.493 e. The molecule has 0 unspecified atom stereocenters. The van der Waals surface area contributed by atoms with Crippen LogP contribution in [0.4, 0.5) is 5.69 Å². The van der Waals surface area contributed by atoms with Crippen LogP contribution in [0.3, 0.4) is 0 Å². The first-order valence-electron chi connectivity index (χ1n) is 8.39. The van der Waals surface area contributed by atoms with Gasteiger partial charge in [-0.2, -0.15) is 0 Å². The van der Waals surface area contributed by atoms with E-state index >= 15 is 0 Å². The number of pyridine rings is 1. The molecule has 0 spiro atoms. The minimum atomic E-state index is -0.392. The molecule has 0 aliphatic carbocycles. The first-order chi connectivity index (χ1) is 13.0. The lowest BCUT2D eigenvalue weighted by Gasteiger charge is -2.14. The molecule has 144 valence electrons. The van der Waals surface area contributed by atoms with Crippen molar-refractivity contribution in [2.75, 3.05) is 33.2 Å². The highest BCUT2D eigenvalue weighted by Crippen LogP contribution is 2.40. The first-order valence-corrected chi connectivity index (χ1v) is 8.39. The second-order valence-corrected chi connectivity index (χ2v) is 5.55. The lowest BCUT2D eigenvalue weighted by atomic mass is 10.2. The van der Waals surface area contributed by atoms with Crippen LogP contribution >= 0.6 is 0 Å². The summed E-state index contributed by atoms with van der Waals surface area (Å²) in [6.45, 7) is 2.50. The van der Waals surface area contributed by atoms with Crippen LogP contribution in [-0.2, 0) is 0 Å². The van der Waals surface area contributed by atoms with Crippen LogP contribution in [0.25, 0.3) is 0 Å². The van der Waals surface area contributed by atoms with E-state index in [9.17, 15) is 9.59 Å². The summed E-state index contributed by atoms with van der Waals surface area (Å²) < 4.78 is 15.8. The van der Waals surface area contributed by atoms with Crippen molar-refractivity contribution < 1.29 is 23.8 Å². The van der Waals surface area contributed by atoms with Crippen molar-refractivity contribution in [3.05, 3.63) is 41.7 Å². The summed E-state index contributed by atoms with van der Waals surface area (Å²) in [5.41, 5.74) is 0.949. The lowest BCUT2D eigenvalue weighted by molar-refractivity contribution is 0.0948. The summed E-state index contributed by atoms with van der Waals surface area (Å²) in [6, 6.07) is 6.22. The number of nitrogens with one attached hydrogen (secondary N) is 2. The van der Waals surface area contributed by atoms with E-state index in [1.165, 1.54) is 39.7 Å².